The second-order valence-electron chi connectivity index (χ2n) is 6.86. The van der Waals surface area contributed by atoms with Gasteiger partial charge in [0, 0.05) is 11.4 Å². The molecule has 0 radical (unpaired) electrons. The van der Waals surface area contributed by atoms with Gasteiger partial charge < -0.3 is 15.4 Å². The molecule has 2 amide bonds. The van der Waals surface area contributed by atoms with Gasteiger partial charge >= 0.3 is 5.97 Å². The quantitative estimate of drug-likeness (QED) is 0.627. The Kier molecular flexibility index (Phi) is 4.99. The van der Waals surface area contributed by atoms with E-state index in [4.69, 9.17) is 0 Å². The fourth-order valence-electron chi connectivity index (χ4n) is 2.84. The zero-order valence-corrected chi connectivity index (χ0v) is 15.6. The Labute approximate surface area is 157 Å². The first-order chi connectivity index (χ1) is 12.9. The molecule has 0 atom stereocenters. The molecule has 0 saturated heterocycles. The van der Waals surface area contributed by atoms with Gasteiger partial charge in [0.15, 0.2) is 0 Å². The van der Waals surface area contributed by atoms with Gasteiger partial charge in [-0.05, 0) is 68.1 Å². The molecule has 0 bridgehead atoms. The summed E-state index contributed by atoms with van der Waals surface area (Å²) in [7, 11) is 1.30. The van der Waals surface area contributed by atoms with Crippen molar-refractivity contribution in [1.82, 2.24) is 0 Å². The van der Waals surface area contributed by atoms with Gasteiger partial charge in [-0.25, -0.2) is 4.79 Å². The third-order valence-electron chi connectivity index (χ3n) is 4.93. The SMILES string of the molecule is COC(=O)c1cccc(NC(=O)C2(C(=O)Nc3ccc(C)c(C)c3)CC2)c1. The highest BCUT2D eigenvalue weighted by molar-refractivity contribution is 6.17. The summed E-state index contributed by atoms with van der Waals surface area (Å²) in [5, 5.41) is 5.59. The number of benzene rings is 2. The van der Waals surface area contributed by atoms with E-state index >= 15 is 0 Å². The maximum absolute atomic E-state index is 12.7. The second kappa shape index (κ2) is 7.23. The van der Waals surface area contributed by atoms with E-state index in [0.29, 0.717) is 29.8 Å². The Hall–Kier alpha value is -3.15. The molecular weight excluding hydrogens is 344 g/mol. The van der Waals surface area contributed by atoms with Gasteiger partial charge in [-0.15, -0.1) is 0 Å². The Bertz CT molecular complexity index is 916. The number of nitrogens with one attached hydrogen (secondary N) is 2. The van der Waals surface area contributed by atoms with Gasteiger partial charge in [-0.3, -0.25) is 9.59 Å². The lowest BCUT2D eigenvalue weighted by Crippen LogP contribution is -2.35. The summed E-state index contributed by atoms with van der Waals surface area (Å²) in [6.07, 6.45) is 0.985. The fourth-order valence-corrected chi connectivity index (χ4v) is 2.84. The molecule has 6 heteroatoms. The van der Waals surface area contributed by atoms with Gasteiger partial charge in [-0.1, -0.05) is 12.1 Å². The Balaban J connectivity index is 1.71. The van der Waals surface area contributed by atoms with Crippen LogP contribution in [0.5, 0.6) is 0 Å². The predicted octanol–water partition coefficient (Wildman–Crippen LogP) is 3.45. The standard InChI is InChI=1S/C21H22N2O4/c1-13-7-8-17(11-14(13)2)23-20(26)21(9-10-21)19(25)22-16-6-4-5-15(12-16)18(24)27-3/h4-8,11-12H,9-10H2,1-3H3,(H,22,25)(H,23,26). The molecule has 1 aliphatic rings. The van der Waals surface area contributed by atoms with Crippen LogP contribution in [0.15, 0.2) is 42.5 Å². The van der Waals surface area contributed by atoms with E-state index in [1.807, 2.05) is 32.0 Å². The highest BCUT2D eigenvalue weighted by Gasteiger charge is 2.56. The van der Waals surface area contributed by atoms with Crippen molar-refractivity contribution in [3.8, 4) is 0 Å². The number of carbonyl (C=O) groups excluding carboxylic acids is 3. The number of hydrogen-bond acceptors (Lipinski definition) is 4. The summed E-state index contributed by atoms with van der Waals surface area (Å²) in [5.74, 6) is -1.17. The number of methoxy groups -OCH3 is 1. The lowest BCUT2D eigenvalue weighted by molar-refractivity contribution is -0.131. The summed E-state index contributed by atoms with van der Waals surface area (Å²) in [4.78, 5) is 37.0. The first-order valence-corrected chi connectivity index (χ1v) is 8.74. The van der Waals surface area contributed by atoms with E-state index in [0.717, 1.165) is 11.1 Å². The van der Waals surface area contributed by atoms with Crippen LogP contribution in [0.3, 0.4) is 0 Å². The van der Waals surface area contributed by atoms with Crippen molar-refractivity contribution < 1.29 is 19.1 Å². The molecule has 0 unspecified atom stereocenters. The van der Waals surface area contributed by atoms with Crippen LogP contribution in [0.25, 0.3) is 0 Å². The van der Waals surface area contributed by atoms with Crippen LogP contribution in [-0.2, 0) is 14.3 Å². The van der Waals surface area contributed by atoms with Crippen LogP contribution in [0, 0.1) is 19.3 Å². The molecule has 0 aromatic heterocycles. The monoisotopic (exact) mass is 366 g/mol. The molecule has 6 nitrogen and oxygen atoms in total. The normalized spacial score (nSPS) is 14.2. The third kappa shape index (κ3) is 3.84. The minimum absolute atomic E-state index is 0.313. The van der Waals surface area contributed by atoms with Crippen LogP contribution in [-0.4, -0.2) is 24.9 Å². The Morgan fingerprint density at radius 1 is 0.889 bits per heavy atom. The highest BCUT2D eigenvalue weighted by atomic mass is 16.5. The van der Waals surface area contributed by atoms with Crippen molar-refractivity contribution >= 4 is 29.2 Å². The van der Waals surface area contributed by atoms with E-state index in [-0.39, 0.29) is 11.8 Å². The van der Waals surface area contributed by atoms with Crippen molar-refractivity contribution in [3.05, 3.63) is 59.2 Å². The van der Waals surface area contributed by atoms with E-state index in [1.54, 1.807) is 18.2 Å². The summed E-state index contributed by atoms with van der Waals surface area (Å²) < 4.78 is 4.68. The Morgan fingerprint density at radius 3 is 2.07 bits per heavy atom. The third-order valence-corrected chi connectivity index (χ3v) is 4.93. The van der Waals surface area contributed by atoms with Crippen molar-refractivity contribution in [2.24, 2.45) is 5.41 Å². The van der Waals surface area contributed by atoms with Crippen LogP contribution in [0.1, 0.15) is 34.3 Å². The number of hydrogen-bond donors (Lipinski definition) is 2. The lowest BCUT2D eigenvalue weighted by atomic mass is 10.0. The number of carbonyl (C=O) groups is 3. The minimum atomic E-state index is -1.07. The van der Waals surface area contributed by atoms with Gasteiger partial charge in [-0.2, -0.15) is 0 Å². The summed E-state index contributed by atoms with van der Waals surface area (Å²) in [5.41, 5.74) is 2.60. The van der Waals surface area contributed by atoms with Gasteiger partial charge in [0.05, 0.1) is 12.7 Å². The number of anilines is 2. The highest BCUT2D eigenvalue weighted by Crippen LogP contribution is 2.47. The first-order valence-electron chi connectivity index (χ1n) is 8.74. The average Bonchev–Trinajstić information content (AvgIpc) is 3.46. The topological polar surface area (TPSA) is 84.5 Å². The molecular formula is C21H22N2O4. The summed E-state index contributed by atoms with van der Waals surface area (Å²) in [6, 6.07) is 12.1. The molecule has 1 aliphatic carbocycles. The van der Waals surface area contributed by atoms with Crippen molar-refractivity contribution in [2.75, 3.05) is 17.7 Å². The molecule has 1 saturated carbocycles. The fraction of sp³-hybridized carbons (Fsp3) is 0.286. The number of ether oxygens (including phenoxy) is 1. The smallest absolute Gasteiger partial charge is 0.337 e. The minimum Gasteiger partial charge on any atom is -0.465 e. The van der Waals surface area contributed by atoms with Crippen molar-refractivity contribution in [3.63, 3.8) is 0 Å². The molecule has 2 aromatic rings. The van der Waals surface area contributed by atoms with Crippen LogP contribution < -0.4 is 10.6 Å². The lowest BCUT2D eigenvalue weighted by Gasteiger charge is -2.16. The van der Waals surface area contributed by atoms with E-state index in [9.17, 15) is 14.4 Å². The van der Waals surface area contributed by atoms with Crippen LogP contribution >= 0.6 is 0 Å². The van der Waals surface area contributed by atoms with Gasteiger partial charge in [0.1, 0.15) is 5.41 Å². The zero-order valence-electron chi connectivity index (χ0n) is 15.6. The summed E-state index contributed by atoms with van der Waals surface area (Å²) >= 11 is 0. The molecule has 140 valence electrons. The maximum atomic E-state index is 12.7. The molecule has 0 heterocycles. The van der Waals surface area contributed by atoms with E-state index < -0.39 is 11.4 Å². The zero-order chi connectivity index (χ0) is 19.6. The molecule has 2 aromatic carbocycles. The van der Waals surface area contributed by atoms with Gasteiger partial charge in [0.2, 0.25) is 11.8 Å². The van der Waals surface area contributed by atoms with Crippen LogP contribution in [0.4, 0.5) is 11.4 Å². The number of esters is 1. The summed E-state index contributed by atoms with van der Waals surface area (Å²) in [6.45, 7) is 3.97. The predicted molar refractivity (Wildman–Crippen MR) is 103 cm³/mol. The molecule has 0 spiro atoms. The molecule has 3 rings (SSSR count). The van der Waals surface area contributed by atoms with E-state index in [2.05, 4.69) is 15.4 Å². The second-order valence-corrected chi connectivity index (χ2v) is 6.86. The molecule has 27 heavy (non-hydrogen) atoms. The first kappa shape index (κ1) is 18.6. The van der Waals surface area contributed by atoms with Gasteiger partial charge in [0.25, 0.3) is 0 Å². The van der Waals surface area contributed by atoms with E-state index in [1.165, 1.54) is 13.2 Å². The number of aryl methyl sites for hydroxylation is 2. The van der Waals surface area contributed by atoms with Crippen molar-refractivity contribution in [2.45, 2.75) is 26.7 Å². The Morgan fingerprint density at radius 2 is 1.52 bits per heavy atom. The van der Waals surface area contributed by atoms with Crippen LogP contribution in [0.2, 0.25) is 0 Å². The number of rotatable bonds is 5. The maximum Gasteiger partial charge on any atom is 0.337 e. The average molecular weight is 366 g/mol. The largest absolute Gasteiger partial charge is 0.465 e. The van der Waals surface area contributed by atoms with Crippen molar-refractivity contribution in [1.29, 1.82) is 0 Å². The number of amides is 2. The molecule has 1 fully saturated rings. The molecule has 2 N–H and O–H groups in total. The molecule has 0 aliphatic heterocycles.